The molecule has 1 saturated carbocycles. The molecule has 4 atom stereocenters. The minimum absolute atomic E-state index is 0.000300. The third-order valence-electron chi connectivity index (χ3n) is 8.04. The summed E-state index contributed by atoms with van der Waals surface area (Å²) >= 11 is 0. The van der Waals surface area contributed by atoms with Crippen LogP contribution in [0.4, 0.5) is 0 Å². The van der Waals surface area contributed by atoms with Crippen molar-refractivity contribution in [3.63, 3.8) is 0 Å². The van der Waals surface area contributed by atoms with Gasteiger partial charge in [-0.1, -0.05) is 43.5 Å². The monoisotopic (exact) mass is 468 g/mol. The van der Waals surface area contributed by atoms with E-state index in [4.69, 9.17) is 0 Å². The van der Waals surface area contributed by atoms with Crippen LogP contribution in [-0.2, 0) is 20.8 Å². The van der Waals surface area contributed by atoms with Crippen LogP contribution in [0, 0.1) is 5.92 Å². The molecular formula is C27H40N4O3. The molecule has 186 valence electrons. The maximum atomic E-state index is 13.8. The number of nitrogens with one attached hydrogen (secondary N) is 3. The van der Waals surface area contributed by atoms with E-state index in [0.717, 1.165) is 51.4 Å². The maximum absolute atomic E-state index is 13.8. The summed E-state index contributed by atoms with van der Waals surface area (Å²) in [6, 6.07) is 6.92. The van der Waals surface area contributed by atoms with Crippen molar-refractivity contribution < 1.29 is 14.4 Å². The molecule has 3 aliphatic rings. The molecule has 1 aromatic carbocycles. The number of likely N-dealkylation sites (N-methyl/N-ethyl adjacent to an activating group) is 1. The first-order chi connectivity index (χ1) is 16.5. The van der Waals surface area contributed by atoms with Gasteiger partial charge in [-0.2, -0.15) is 0 Å². The van der Waals surface area contributed by atoms with Crippen LogP contribution in [-0.4, -0.2) is 54.3 Å². The molecule has 3 amide bonds. The molecule has 0 spiro atoms. The summed E-state index contributed by atoms with van der Waals surface area (Å²) in [5.74, 6) is -0.190. The summed E-state index contributed by atoms with van der Waals surface area (Å²) in [6.07, 6.45) is 9.71. The molecule has 0 radical (unpaired) electrons. The fourth-order valence-corrected chi connectivity index (χ4v) is 5.91. The molecule has 7 heteroatoms. The van der Waals surface area contributed by atoms with Gasteiger partial charge in [-0.15, -0.1) is 0 Å². The zero-order valence-electron chi connectivity index (χ0n) is 20.6. The zero-order valence-corrected chi connectivity index (χ0v) is 20.6. The molecule has 1 heterocycles. The van der Waals surface area contributed by atoms with Gasteiger partial charge >= 0.3 is 0 Å². The van der Waals surface area contributed by atoms with Crippen LogP contribution in [0.5, 0.6) is 0 Å². The number of rotatable bonds is 7. The number of hydrogen-bond acceptors (Lipinski definition) is 4. The van der Waals surface area contributed by atoms with E-state index in [1.54, 1.807) is 18.9 Å². The number of hydrogen-bond donors (Lipinski definition) is 3. The molecule has 34 heavy (non-hydrogen) atoms. The quantitative estimate of drug-likeness (QED) is 0.574. The van der Waals surface area contributed by atoms with Crippen LogP contribution in [0.3, 0.4) is 0 Å². The molecule has 4 rings (SSSR count). The highest BCUT2D eigenvalue weighted by molar-refractivity contribution is 5.93. The second kappa shape index (κ2) is 11.3. The van der Waals surface area contributed by atoms with Crippen molar-refractivity contribution in [3.05, 3.63) is 35.4 Å². The highest BCUT2D eigenvalue weighted by Gasteiger charge is 2.41. The van der Waals surface area contributed by atoms with Crippen LogP contribution in [0.1, 0.15) is 81.9 Å². The van der Waals surface area contributed by atoms with E-state index in [1.807, 2.05) is 6.07 Å². The van der Waals surface area contributed by atoms with Gasteiger partial charge < -0.3 is 20.9 Å². The second-order valence-corrected chi connectivity index (χ2v) is 10.2. The van der Waals surface area contributed by atoms with Crippen molar-refractivity contribution in [3.8, 4) is 0 Å². The average molecular weight is 469 g/mol. The van der Waals surface area contributed by atoms with Crippen molar-refractivity contribution in [2.45, 2.75) is 95.3 Å². The number of carbonyl (C=O) groups excluding carboxylic acids is 3. The van der Waals surface area contributed by atoms with Gasteiger partial charge in [0.05, 0.1) is 12.1 Å². The van der Waals surface area contributed by atoms with Crippen molar-refractivity contribution in [1.82, 2.24) is 20.9 Å². The topological polar surface area (TPSA) is 90.5 Å². The van der Waals surface area contributed by atoms with Gasteiger partial charge in [0.15, 0.2) is 0 Å². The predicted molar refractivity (Wildman–Crippen MR) is 132 cm³/mol. The van der Waals surface area contributed by atoms with Crippen LogP contribution >= 0.6 is 0 Å². The second-order valence-electron chi connectivity index (χ2n) is 10.2. The van der Waals surface area contributed by atoms with E-state index in [9.17, 15) is 14.4 Å². The van der Waals surface area contributed by atoms with Crippen LogP contribution in [0.25, 0.3) is 0 Å². The number of likely N-dealkylation sites (tertiary alicyclic amines) is 1. The van der Waals surface area contributed by atoms with E-state index in [1.165, 1.54) is 17.5 Å². The highest BCUT2D eigenvalue weighted by Crippen LogP contribution is 2.32. The first-order valence-electron chi connectivity index (χ1n) is 13.2. The minimum Gasteiger partial charge on any atom is -0.347 e. The average Bonchev–Trinajstić information content (AvgIpc) is 3.37. The molecule has 2 fully saturated rings. The number of benzene rings is 1. The fourth-order valence-electron chi connectivity index (χ4n) is 5.91. The Morgan fingerprint density at radius 1 is 0.971 bits per heavy atom. The molecule has 1 aromatic rings. The van der Waals surface area contributed by atoms with Crippen molar-refractivity contribution >= 4 is 17.7 Å². The van der Waals surface area contributed by atoms with Gasteiger partial charge in [0.25, 0.3) is 0 Å². The van der Waals surface area contributed by atoms with Gasteiger partial charge in [-0.05, 0) is 76.0 Å². The van der Waals surface area contributed by atoms with E-state index in [2.05, 4.69) is 34.1 Å². The van der Waals surface area contributed by atoms with E-state index in [-0.39, 0.29) is 35.7 Å². The molecule has 4 unspecified atom stereocenters. The van der Waals surface area contributed by atoms with Crippen LogP contribution in [0.2, 0.25) is 0 Å². The lowest BCUT2D eigenvalue weighted by Gasteiger charge is -2.35. The molecule has 3 N–H and O–H groups in total. The van der Waals surface area contributed by atoms with Crippen molar-refractivity contribution in [2.24, 2.45) is 5.92 Å². The van der Waals surface area contributed by atoms with Crippen molar-refractivity contribution in [1.29, 1.82) is 0 Å². The minimum atomic E-state index is -0.563. The number of nitrogens with zero attached hydrogens (tertiary/aromatic N) is 1. The number of amides is 3. The third-order valence-corrected chi connectivity index (χ3v) is 8.04. The molecule has 2 aliphatic carbocycles. The van der Waals surface area contributed by atoms with Crippen LogP contribution in [0.15, 0.2) is 24.3 Å². The Hall–Kier alpha value is -2.41. The van der Waals surface area contributed by atoms with Gasteiger partial charge in [0.2, 0.25) is 17.7 Å². The summed E-state index contributed by atoms with van der Waals surface area (Å²) in [7, 11) is 1.74. The first-order valence-corrected chi connectivity index (χ1v) is 13.2. The lowest BCUT2D eigenvalue weighted by atomic mass is 9.83. The smallest absolute Gasteiger partial charge is 0.246 e. The van der Waals surface area contributed by atoms with Gasteiger partial charge in [0, 0.05) is 6.54 Å². The van der Waals surface area contributed by atoms with Crippen molar-refractivity contribution in [2.75, 3.05) is 13.6 Å². The fraction of sp³-hybridized carbons (Fsp3) is 0.667. The largest absolute Gasteiger partial charge is 0.347 e. The Kier molecular flexibility index (Phi) is 8.24. The number of fused-ring (bicyclic) bond motifs is 1. The molecule has 1 aliphatic heterocycles. The summed E-state index contributed by atoms with van der Waals surface area (Å²) in [4.78, 5) is 41.7. The maximum Gasteiger partial charge on any atom is 0.246 e. The molecule has 0 bridgehead atoms. The van der Waals surface area contributed by atoms with Crippen LogP contribution < -0.4 is 16.0 Å². The number of carbonyl (C=O) groups is 3. The summed E-state index contributed by atoms with van der Waals surface area (Å²) in [6.45, 7) is 2.37. The standard InChI is InChI=1S/C27H40N4O3/c1-18(28-2)25(32)30-24(20-11-4-3-5-12-20)27(34)31-17-9-16-23(31)26(33)29-22-15-8-13-19-10-6-7-14-21(19)22/h6-7,10,14,18,20,22-24,28H,3-5,8-9,11-13,15-17H2,1-2H3,(H,29,33)(H,30,32). The third kappa shape index (κ3) is 5.45. The normalized spacial score (nSPS) is 24.7. The van der Waals surface area contributed by atoms with Gasteiger partial charge in [0.1, 0.15) is 12.1 Å². The SMILES string of the molecule is CNC(C)C(=O)NC(C(=O)N1CCCC1C(=O)NC1CCCc2ccccc21)C1CCCCC1. The lowest BCUT2D eigenvalue weighted by Crippen LogP contribution is -2.58. The Morgan fingerprint density at radius 2 is 1.74 bits per heavy atom. The van der Waals surface area contributed by atoms with Gasteiger partial charge in [-0.25, -0.2) is 0 Å². The zero-order chi connectivity index (χ0) is 24.1. The molecular weight excluding hydrogens is 428 g/mol. The molecule has 1 saturated heterocycles. The molecule has 7 nitrogen and oxygen atoms in total. The van der Waals surface area contributed by atoms with E-state index >= 15 is 0 Å². The number of aryl methyl sites for hydroxylation is 1. The van der Waals surface area contributed by atoms with E-state index < -0.39 is 12.1 Å². The van der Waals surface area contributed by atoms with E-state index in [0.29, 0.717) is 13.0 Å². The summed E-state index contributed by atoms with van der Waals surface area (Å²) < 4.78 is 0. The predicted octanol–water partition coefficient (Wildman–Crippen LogP) is 2.84. The summed E-state index contributed by atoms with van der Waals surface area (Å²) in [5.41, 5.74) is 2.50. The Balaban J connectivity index is 1.48. The van der Waals surface area contributed by atoms with Gasteiger partial charge in [-0.3, -0.25) is 14.4 Å². The summed E-state index contributed by atoms with van der Waals surface area (Å²) in [5, 5.41) is 9.26. The highest BCUT2D eigenvalue weighted by atomic mass is 16.2. The molecule has 0 aromatic heterocycles. The first kappa shape index (κ1) is 24.7. The Labute approximate surface area is 203 Å². The Morgan fingerprint density at radius 3 is 2.50 bits per heavy atom. The lowest BCUT2D eigenvalue weighted by molar-refractivity contribution is -0.143. The Bertz CT molecular complexity index is 882.